The Morgan fingerprint density at radius 3 is 2.43 bits per heavy atom. The lowest BCUT2D eigenvalue weighted by Gasteiger charge is -2.31. The molecule has 0 radical (unpaired) electrons. The van der Waals surface area contributed by atoms with E-state index in [4.69, 9.17) is 0 Å². The molecular formula is C40H43N3O3. The number of para-hydroxylation sites is 1. The molecule has 0 fully saturated rings. The van der Waals surface area contributed by atoms with Gasteiger partial charge in [-0.15, -0.1) is 0 Å². The van der Waals surface area contributed by atoms with Gasteiger partial charge in [0.2, 0.25) is 0 Å². The van der Waals surface area contributed by atoms with Gasteiger partial charge in [-0.1, -0.05) is 93.7 Å². The predicted molar refractivity (Wildman–Crippen MR) is 188 cm³/mol. The number of nitrogens with zero attached hydrogens (tertiary/aromatic N) is 3. The maximum atomic E-state index is 13.3. The van der Waals surface area contributed by atoms with Crippen LogP contribution in [0.3, 0.4) is 0 Å². The Bertz CT molecular complexity index is 1700. The van der Waals surface area contributed by atoms with E-state index in [1.807, 2.05) is 12.1 Å². The van der Waals surface area contributed by atoms with Crippen LogP contribution in [0.4, 0.5) is 17.1 Å². The summed E-state index contributed by atoms with van der Waals surface area (Å²) in [6, 6.07) is 24.8. The van der Waals surface area contributed by atoms with Gasteiger partial charge in [0.15, 0.2) is 5.71 Å². The summed E-state index contributed by atoms with van der Waals surface area (Å²) in [5.74, 6) is -1.59. The number of aryl methyl sites for hydroxylation is 2. The Hall–Kier alpha value is -4.71. The summed E-state index contributed by atoms with van der Waals surface area (Å²) in [5.41, 5.74) is 8.78. The number of hydrogen-bond acceptors (Lipinski definition) is 4. The fourth-order valence-corrected chi connectivity index (χ4v) is 6.71. The molecule has 3 aromatic carbocycles. The molecule has 2 aliphatic heterocycles. The molecule has 0 saturated carbocycles. The number of carbonyl (C=O) groups excluding carboxylic acids is 1. The smallest absolute Gasteiger partial charge is 0.357 e. The summed E-state index contributed by atoms with van der Waals surface area (Å²) in [7, 11) is 0. The molecule has 236 valence electrons. The van der Waals surface area contributed by atoms with Gasteiger partial charge in [-0.3, -0.25) is 4.79 Å². The molecule has 46 heavy (non-hydrogen) atoms. The Morgan fingerprint density at radius 2 is 1.65 bits per heavy atom. The quantitative estimate of drug-likeness (QED) is 0.163. The standard InChI is InChI=1S/C40H43N3O3/c1-2-3-4-5-6-8-12-29-19-23-34(24-20-29)42-26-11-13-32-27-31(21-25-36(32)42)17-16-30-18-22-33(28-30)37-38(40(45)46)41-43(39(37)44)35-14-9-7-10-15-35/h7,9-10,14-17,19-21,23-25,27-28H,2-6,8,11-13,18,22,26H2,1H3,(H,45,46)/b17-16+,37-33-. The summed E-state index contributed by atoms with van der Waals surface area (Å²) in [5, 5.41) is 15.2. The number of fused-ring (bicyclic) bond motifs is 1. The van der Waals surface area contributed by atoms with Gasteiger partial charge in [-0.2, -0.15) is 10.1 Å². The van der Waals surface area contributed by atoms with Gasteiger partial charge < -0.3 is 10.0 Å². The molecule has 1 aliphatic carbocycles. The van der Waals surface area contributed by atoms with Gasteiger partial charge in [0.1, 0.15) is 0 Å². The number of carboxylic acids is 1. The lowest BCUT2D eigenvalue weighted by molar-refractivity contribution is -0.129. The second kappa shape index (κ2) is 14.6. The fraction of sp³-hybridized carbons (Fsp3) is 0.325. The highest BCUT2D eigenvalue weighted by molar-refractivity contribution is 6.53. The van der Waals surface area contributed by atoms with E-state index in [9.17, 15) is 14.7 Å². The van der Waals surface area contributed by atoms with Crippen molar-refractivity contribution in [2.75, 3.05) is 16.5 Å². The van der Waals surface area contributed by atoms with Crippen molar-refractivity contribution in [3.63, 3.8) is 0 Å². The summed E-state index contributed by atoms with van der Waals surface area (Å²) in [6.45, 7) is 3.28. The molecule has 0 atom stereocenters. The van der Waals surface area contributed by atoms with Gasteiger partial charge in [-0.05, 0) is 103 Å². The number of allylic oxidation sites excluding steroid dienone is 4. The van der Waals surface area contributed by atoms with Gasteiger partial charge in [0, 0.05) is 17.9 Å². The molecule has 1 amide bonds. The second-order valence-corrected chi connectivity index (χ2v) is 12.5. The lowest BCUT2D eigenvalue weighted by atomic mass is 9.97. The van der Waals surface area contributed by atoms with E-state index in [1.54, 1.807) is 24.3 Å². The Morgan fingerprint density at radius 1 is 0.870 bits per heavy atom. The number of amides is 1. The largest absolute Gasteiger partial charge is 0.476 e. The first-order valence-corrected chi connectivity index (χ1v) is 16.8. The van der Waals surface area contributed by atoms with Crippen molar-refractivity contribution in [3.05, 3.63) is 118 Å². The van der Waals surface area contributed by atoms with Crippen LogP contribution in [-0.4, -0.2) is 29.2 Å². The third kappa shape index (κ3) is 7.07. The monoisotopic (exact) mass is 613 g/mol. The Kier molecular flexibility index (Phi) is 9.92. The van der Waals surface area contributed by atoms with Crippen LogP contribution < -0.4 is 9.91 Å². The van der Waals surface area contributed by atoms with Crippen LogP contribution in [0.15, 0.2) is 107 Å². The summed E-state index contributed by atoms with van der Waals surface area (Å²) >= 11 is 0. The zero-order valence-electron chi connectivity index (χ0n) is 26.8. The molecule has 1 N–H and O–H groups in total. The lowest BCUT2D eigenvalue weighted by Crippen LogP contribution is -2.24. The second-order valence-electron chi connectivity index (χ2n) is 12.5. The summed E-state index contributed by atoms with van der Waals surface area (Å²) < 4.78 is 0. The first kappa shape index (κ1) is 31.3. The van der Waals surface area contributed by atoms with Crippen molar-refractivity contribution < 1.29 is 14.7 Å². The molecule has 6 rings (SSSR count). The molecule has 0 bridgehead atoms. The topological polar surface area (TPSA) is 73.2 Å². The molecule has 6 nitrogen and oxygen atoms in total. The number of benzene rings is 3. The number of carbonyl (C=O) groups is 2. The third-order valence-corrected chi connectivity index (χ3v) is 9.19. The highest BCUT2D eigenvalue weighted by Gasteiger charge is 2.37. The number of unbranched alkanes of at least 4 members (excludes halogenated alkanes) is 5. The van der Waals surface area contributed by atoms with Gasteiger partial charge in [0.05, 0.1) is 11.3 Å². The number of hydrogen-bond donors (Lipinski definition) is 1. The van der Waals surface area contributed by atoms with E-state index in [0.29, 0.717) is 12.1 Å². The molecule has 0 aromatic heterocycles. The van der Waals surface area contributed by atoms with Crippen molar-refractivity contribution in [3.8, 4) is 0 Å². The minimum atomic E-state index is -1.20. The van der Waals surface area contributed by atoms with Gasteiger partial charge >= 0.3 is 5.97 Å². The van der Waals surface area contributed by atoms with E-state index in [0.717, 1.165) is 48.9 Å². The molecular weight excluding hydrogens is 570 g/mol. The molecule has 2 heterocycles. The van der Waals surface area contributed by atoms with Crippen molar-refractivity contribution in [1.82, 2.24) is 0 Å². The van der Waals surface area contributed by atoms with Gasteiger partial charge in [-0.25, -0.2) is 4.79 Å². The van der Waals surface area contributed by atoms with Crippen molar-refractivity contribution in [2.24, 2.45) is 5.10 Å². The van der Waals surface area contributed by atoms with Crippen LogP contribution in [0.1, 0.15) is 81.4 Å². The van der Waals surface area contributed by atoms with Crippen LogP contribution in [-0.2, 0) is 22.4 Å². The van der Waals surface area contributed by atoms with E-state index in [2.05, 4.69) is 71.5 Å². The summed E-state index contributed by atoms with van der Waals surface area (Å²) in [4.78, 5) is 27.8. The number of anilines is 3. The molecule has 6 heteroatoms. The number of rotatable bonds is 12. The molecule has 0 saturated heterocycles. The van der Waals surface area contributed by atoms with Crippen molar-refractivity contribution in [2.45, 2.75) is 77.6 Å². The van der Waals surface area contributed by atoms with Crippen molar-refractivity contribution in [1.29, 1.82) is 0 Å². The molecule has 3 aromatic rings. The van der Waals surface area contributed by atoms with Crippen LogP contribution >= 0.6 is 0 Å². The number of aliphatic carboxylic acids is 1. The number of hydrazone groups is 1. The van der Waals surface area contributed by atoms with E-state index in [1.165, 1.54) is 66.0 Å². The van der Waals surface area contributed by atoms with Crippen LogP contribution in [0.2, 0.25) is 0 Å². The maximum absolute atomic E-state index is 13.3. The maximum Gasteiger partial charge on any atom is 0.357 e. The van der Waals surface area contributed by atoms with E-state index >= 15 is 0 Å². The zero-order chi connectivity index (χ0) is 31.9. The van der Waals surface area contributed by atoms with Crippen LogP contribution in [0, 0.1) is 0 Å². The molecule has 3 aliphatic rings. The SMILES string of the molecule is CCCCCCCCc1ccc(N2CCCc3cc(/C=C/C4=CC(=C5\C(=O)N(c6ccccc6)N=C5C(=O)O)/CC4)ccc32)cc1. The average Bonchev–Trinajstić information content (AvgIpc) is 3.69. The average molecular weight is 614 g/mol. The third-order valence-electron chi connectivity index (χ3n) is 9.19. The normalized spacial score (nSPS) is 17.9. The number of carboxylic acid groups (broad SMARTS) is 1. The van der Waals surface area contributed by atoms with Crippen LogP contribution in [0.5, 0.6) is 0 Å². The van der Waals surface area contributed by atoms with E-state index < -0.39 is 11.9 Å². The minimum absolute atomic E-state index is 0.184. The minimum Gasteiger partial charge on any atom is -0.476 e. The highest BCUT2D eigenvalue weighted by Crippen LogP contribution is 2.36. The molecule has 0 unspecified atom stereocenters. The highest BCUT2D eigenvalue weighted by atomic mass is 16.4. The molecule has 0 spiro atoms. The first-order chi connectivity index (χ1) is 22.5. The fourth-order valence-electron chi connectivity index (χ4n) is 6.71. The van der Waals surface area contributed by atoms with Gasteiger partial charge in [0.25, 0.3) is 5.91 Å². The summed E-state index contributed by atoms with van der Waals surface area (Å²) in [6.07, 6.45) is 18.8. The Labute approximate surface area is 272 Å². The van der Waals surface area contributed by atoms with Crippen molar-refractivity contribution >= 4 is 40.7 Å². The Balaban J connectivity index is 1.13. The van der Waals surface area contributed by atoms with Crippen LogP contribution in [0.25, 0.3) is 6.08 Å². The first-order valence-electron chi connectivity index (χ1n) is 16.8. The predicted octanol–water partition coefficient (Wildman–Crippen LogP) is 9.19. The van der Waals surface area contributed by atoms with E-state index in [-0.39, 0.29) is 11.3 Å². The zero-order valence-corrected chi connectivity index (χ0v) is 26.8.